The minimum Gasteiger partial charge on any atom is -0.465 e. The Labute approximate surface area is 126 Å². The van der Waals surface area contributed by atoms with Crippen molar-refractivity contribution in [2.75, 3.05) is 18.9 Å². The zero-order valence-corrected chi connectivity index (χ0v) is 13.4. The SMILES string of the molecule is CCOC(=O)CN(C(=O)c1cc(N)c(C)cc1C)C(C)C. The lowest BCUT2D eigenvalue weighted by Crippen LogP contribution is -2.41. The summed E-state index contributed by atoms with van der Waals surface area (Å²) in [5.41, 5.74) is 8.77. The molecule has 1 aromatic rings. The highest BCUT2D eigenvalue weighted by molar-refractivity contribution is 5.98. The maximum absolute atomic E-state index is 12.7. The van der Waals surface area contributed by atoms with Gasteiger partial charge in [0.25, 0.3) is 5.91 Å². The van der Waals surface area contributed by atoms with E-state index in [1.165, 1.54) is 4.90 Å². The average molecular weight is 292 g/mol. The molecule has 21 heavy (non-hydrogen) atoms. The molecule has 1 amide bonds. The van der Waals surface area contributed by atoms with Gasteiger partial charge in [-0.25, -0.2) is 0 Å². The predicted molar refractivity (Wildman–Crippen MR) is 83.1 cm³/mol. The molecule has 5 nitrogen and oxygen atoms in total. The van der Waals surface area contributed by atoms with Gasteiger partial charge in [-0.15, -0.1) is 0 Å². The number of amides is 1. The topological polar surface area (TPSA) is 72.6 Å². The fraction of sp³-hybridized carbons (Fsp3) is 0.500. The first kappa shape index (κ1) is 17.0. The predicted octanol–water partition coefficient (Wildman–Crippen LogP) is 2.30. The molecule has 0 aromatic heterocycles. The normalized spacial score (nSPS) is 10.6. The van der Waals surface area contributed by atoms with E-state index in [1.54, 1.807) is 13.0 Å². The van der Waals surface area contributed by atoms with Crippen LogP contribution in [0.5, 0.6) is 0 Å². The second-order valence-electron chi connectivity index (χ2n) is 5.36. The Balaban J connectivity index is 3.07. The van der Waals surface area contributed by atoms with Gasteiger partial charge in [-0.1, -0.05) is 6.07 Å². The molecule has 0 heterocycles. The third kappa shape index (κ3) is 4.21. The van der Waals surface area contributed by atoms with E-state index < -0.39 is 5.97 Å². The molecule has 0 fully saturated rings. The first-order valence-corrected chi connectivity index (χ1v) is 7.11. The van der Waals surface area contributed by atoms with E-state index in [-0.39, 0.29) is 18.5 Å². The van der Waals surface area contributed by atoms with Gasteiger partial charge in [0.15, 0.2) is 0 Å². The number of esters is 1. The van der Waals surface area contributed by atoms with Gasteiger partial charge in [-0.05, 0) is 51.8 Å². The molecule has 5 heteroatoms. The number of nitrogens with zero attached hydrogens (tertiary/aromatic N) is 1. The molecular formula is C16H24N2O3. The van der Waals surface area contributed by atoms with Crippen LogP contribution >= 0.6 is 0 Å². The molecule has 0 aliphatic rings. The summed E-state index contributed by atoms with van der Waals surface area (Å²) in [7, 11) is 0. The number of aryl methyl sites for hydroxylation is 2. The number of hydrogen-bond donors (Lipinski definition) is 1. The van der Waals surface area contributed by atoms with Crippen molar-refractivity contribution in [3.63, 3.8) is 0 Å². The fourth-order valence-corrected chi connectivity index (χ4v) is 2.09. The summed E-state index contributed by atoms with van der Waals surface area (Å²) >= 11 is 0. The van der Waals surface area contributed by atoms with Crippen LogP contribution < -0.4 is 5.73 Å². The van der Waals surface area contributed by atoms with Crippen LogP contribution in [0.3, 0.4) is 0 Å². The summed E-state index contributed by atoms with van der Waals surface area (Å²) in [6.07, 6.45) is 0. The minimum absolute atomic E-state index is 0.0580. The number of hydrogen-bond acceptors (Lipinski definition) is 4. The van der Waals surface area contributed by atoms with E-state index in [2.05, 4.69) is 0 Å². The Morgan fingerprint density at radius 3 is 2.38 bits per heavy atom. The zero-order chi connectivity index (χ0) is 16.2. The van der Waals surface area contributed by atoms with E-state index in [4.69, 9.17) is 10.5 Å². The van der Waals surface area contributed by atoms with E-state index in [9.17, 15) is 9.59 Å². The van der Waals surface area contributed by atoms with Crippen molar-refractivity contribution in [1.82, 2.24) is 4.90 Å². The van der Waals surface area contributed by atoms with Crippen LogP contribution in [0, 0.1) is 13.8 Å². The van der Waals surface area contributed by atoms with Crippen molar-refractivity contribution in [2.45, 2.75) is 40.7 Å². The van der Waals surface area contributed by atoms with Gasteiger partial charge in [-0.3, -0.25) is 9.59 Å². The Morgan fingerprint density at radius 2 is 1.86 bits per heavy atom. The third-order valence-corrected chi connectivity index (χ3v) is 3.33. The highest BCUT2D eigenvalue weighted by Crippen LogP contribution is 2.20. The van der Waals surface area contributed by atoms with Crippen molar-refractivity contribution in [2.24, 2.45) is 0 Å². The maximum atomic E-state index is 12.7. The second kappa shape index (κ2) is 7.11. The van der Waals surface area contributed by atoms with Crippen molar-refractivity contribution < 1.29 is 14.3 Å². The lowest BCUT2D eigenvalue weighted by Gasteiger charge is -2.26. The molecule has 0 spiro atoms. The number of benzene rings is 1. The molecule has 0 unspecified atom stereocenters. The Hall–Kier alpha value is -2.04. The zero-order valence-electron chi connectivity index (χ0n) is 13.4. The van der Waals surface area contributed by atoms with Crippen molar-refractivity contribution >= 4 is 17.6 Å². The van der Waals surface area contributed by atoms with Gasteiger partial charge < -0.3 is 15.4 Å². The number of carbonyl (C=O) groups excluding carboxylic acids is 2. The van der Waals surface area contributed by atoms with Gasteiger partial charge in [0, 0.05) is 17.3 Å². The molecule has 1 rings (SSSR count). The molecule has 0 aliphatic carbocycles. The summed E-state index contributed by atoms with van der Waals surface area (Å²) in [5, 5.41) is 0. The molecule has 0 bridgehead atoms. The summed E-state index contributed by atoms with van der Waals surface area (Å²) in [4.78, 5) is 25.8. The first-order chi connectivity index (χ1) is 9.77. The molecule has 0 saturated heterocycles. The monoisotopic (exact) mass is 292 g/mol. The quantitative estimate of drug-likeness (QED) is 0.667. The number of anilines is 1. The number of rotatable bonds is 5. The van der Waals surface area contributed by atoms with Gasteiger partial charge in [-0.2, -0.15) is 0 Å². The largest absolute Gasteiger partial charge is 0.465 e. The summed E-state index contributed by atoms with van der Waals surface area (Å²) in [6, 6.07) is 3.45. The summed E-state index contributed by atoms with van der Waals surface area (Å²) in [5.74, 6) is -0.612. The van der Waals surface area contributed by atoms with Gasteiger partial charge in [0.2, 0.25) is 0 Å². The third-order valence-electron chi connectivity index (χ3n) is 3.33. The van der Waals surface area contributed by atoms with Crippen LogP contribution in [0.1, 0.15) is 42.3 Å². The van der Waals surface area contributed by atoms with Crippen LogP contribution in [0.15, 0.2) is 12.1 Å². The Bertz CT molecular complexity index is 539. The lowest BCUT2D eigenvalue weighted by atomic mass is 10.0. The number of nitrogens with two attached hydrogens (primary N) is 1. The highest BCUT2D eigenvalue weighted by atomic mass is 16.5. The Morgan fingerprint density at radius 1 is 1.24 bits per heavy atom. The summed E-state index contributed by atoms with van der Waals surface area (Å²) < 4.78 is 4.92. The molecule has 116 valence electrons. The molecular weight excluding hydrogens is 268 g/mol. The van der Waals surface area contributed by atoms with Crippen LogP contribution in [0.4, 0.5) is 5.69 Å². The number of nitrogen functional groups attached to an aromatic ring is 1. The van der Waals surface area contributed by atoms with Crippen LogP contribution in [-0.2, 0) is 9.53 Å². The summed E-state index contributed by atoms with van der Waals surface area (Å²) in [6.45, 7) is 9.48. The molecule has 1 aromatic carbocycles. The van der Waals surface area contributed by atoms with Gasteiger partial charge in [0.1, 0.15) is 6.54 Å². The van der Waals surface area contributed by atoms with Crippen LogP contribution in [0.2, 0.25) is 0 Å². The van der Waals surface area contributed by atoms with Crippen LogP contribution in [-0.4, -0.2) is 36.0 Å². The van der Waals surface area contributed by atoms with Crippen molar-refractivity contribution in [1.29, 1.82) is 0 Å². The second-order valence-corrected chi connectivity index (χ2v) is 5.36. The first-order valence-electron chi connectivity index (χ1n) is 7.11. The van der Waals surface area contributed by atoms with Gasteiger partial charge in [0.05, 0.1) is 6.61 Å². The number of carbonyl (C=O) groups is 2. The lowest BCUT2D eigenvalue weighted by molar-refractivity contribution is -0.144. The van der Waals surface area contributed by atoms with E-state index in [0.717, 1.165) is 11.1 Å². The van der Waals surface area contributed by atoms with E-state index in [0.29, 0.717) is 17.9 Å². The molecule has 0 radical (unpaired) electrons. The highest BCUT2D eigenvalue weighted by Gasteiger charge is 2.23. The fourth-order valence-electron chi connectivity index (χ4n) is 2.09. The van der Waals surface area contributed by atoms with E-state index in [1.807, 2.05) is 33.8 Å². The smallest absolute Gasteiger partial charge is 0.325 e. The number of ether oxygens (including phenoxy) is 1. The van der Waals surface area contributed by atoms with Crippen molar-refractivity contribution in [3.05, 3.63) is 28.8 Å². The molecule has 0 aliphatic heterocycles. The standard InChI is InChI=1S/C16H24N2O3/c1-6-21-15(19)9-18(10(2)3)16(20)13-8-14(17)12(5)7-11(13)4/h7-8,10H,6,9,17H2,1-5H3. The maximum Gasteiger partial charge on any atom is 0.325 e. The van der Waals surface area contributed by atoms with Gasteiger partial charge >= 0.3 is 5.97 Å². The molecule has 0 saturated carbocycles. The molecule has 2 N–H and O–H groups in total. The van der Waals surface area contributed by atoms with Crippen molar-refractivity contribution in [3.8, 4) is 0 Å². The Kier molecular flexibility index (Phi) is 5.76. The minimum atomic E-state index is -0.405. The van der Waals surface area contributed by atoms with Crippen LogP contribution in [0.25, 0.3) is 0 Å². The molecule has 0 atom stereocenters. The average Bonchev–Trinajstić information content (AvgIpc) is 2.39. The van der Waals surface area contributed by atoms with E-state index >= 15 is 0 Å².